The van der Waals surface area contributed by atoms with Gasteiger partial charge in [-0.2, -0.15) is 0 Å². The summed E-state index contributed by atoms with van der Waals surface area (Å²) in [6, 6.07) is 6.11. The van der Waals surface area contributed by atoms with Crippen molar-refractivity contribution in [2.75, 3.05) is 5.75 Å². The second-order valence-electron chi connectivity index (χ2n) is 3.65. The Labute approximate surface area is 94.1 Å². The van der Waals surface area contributed by atoms with Gasteiger partial charge < -0.3 is 4.42 Å². The molecule has 80 valence electrons. The quantitative estimate of drug-likeness (QED) is 0.576. The average Bonchev–Trinajstić information content (AvgIpc) is 2.60. The lowest BCUT2D eigenvalue weighted by Crippen LogP contribution is -1.77. The van der Waals surface area contributed by atoms with Gasteiger partial charge in [0.1, 0.15) is 5.52 Å². The number of aromatic nitrogens is 1. The predicted molar refractivity (Wildman–Crippen MR) is 64.4 cm³/mol. The standard InChI is InChI=1S/C12H15NOS/c1-3-4-7-15-12-13-10-6-5-9(2)8-11(10)14-12/h5-6,8H,3-4,7H2,1-2H3. The minimum Gasteiger partial charge on any atom is -0.431 e. The van der Waals surface area contributed by atoms with Crippen molar-refractivity contribution in [3.05, 3.63) is 23.8 Å². The van der Waals surface area contributed by atoms with Crippen LogP contribution in [0.3, 0.4) is 0 Å². The Morgan fingerprint density at radius 1 is 1.40 bits per heavy atom. The van der Waals surface area contributed by atoms with Crippen LogP contribution in [0.2, 0.25) is 0 Å². The van der Waals surface area contributed by atoms with Crippen LogP contribution in [0, 0.1) is 6.92 Å². The largest absolute Gasteiger partial charge is 0.431 e. The zero-order chi connectivity index (χ0) is 10.7. The Balaban J connectivity index is 2.16. The van der Waals surface area contributed by atoms with Crippen molar-refractivity contribution >= 4 is 22.9 Å². The molecular weight excluding hydrogens is 206 g/mol. The van der Waals surface area contributed by atoms with Crippen molar-refractivity contribution in [1.82, 2.24) is 4.98 Å². The van der Waals surface area contributed by atoms with Crippen LogP contribution in [0.15, 0.2) is 27.8 Å². The summed E-state index contributed by atoms with van der Waals surface area (Å²) in [5, 5.41) is 0.795. The van der Waals surface area contributed by atoms with E-state index in [1.807, 2.05) is 12.1 Å². The van der Waals surface area contributed by atoms with E-state index >= 15 is 0 Å². The molecule has 0 atom stereocenters. The van der Waals surface area contributed by atoms with Gasteiger partial charge in [0.15, 0.2) is 5.58 Å². The highest BCUT2D eigenvalue weighted by atomic mass is 32.2. The zero-order valence-electron chi connectivity index (χ0n) is 9.12. The van der Waals surface area contributed by atoms with Gasteiger partial charge in [0, 0.05) is 5.75 Å². The van der Waals surface area contributed by atoms with Gasteiger partial charge in [-0.05, 0) is 31.0 Å². The van der Waals surface area contributed by atoms with Crippen LogP contribution in [0.25, 0.3) is 11.1 Å². The van der Waals surface area contributed by atoms with E-state index < -0.39 is 0 Å². The molecule has 0 N–H and O–H groups in total. The number of unbranched alkanes of at least 4 members (excludes halogenated alkanes) is 1. The molecule has 0 bridgehead atoms. The van der Waals surface area contributed by atoms with Gasteiger partial charge >= 0.3 is 0 Å². The first-order chi connectivity index (χ1) is 7.29. The van der Waals surface area contributed by atoms with Crippen LogP contribution in [0.4, 0.5) is 0 Å². The van der Waals surface area contributed by atoms with E-state index in [1.54, 1.807) is 11.8 Å². The summed E-state index contributed by atoms with van der Waals surface area (Å²) in [6.45, 7) is 4.25. The highest BCUT2D eigenvalue weighted by molar-refractivity contribution is 7.99. The molecule has 0 aliphatic rings. The van der Waals surface area contributed by atoms with Gasteiger partial charge in [0.25, 0.3) is 5.22 Å². The van der Waals surface area contributed by atoms with Crippen molar-refractivity contribution in [2.45, 2.75) is 31.9 Å². The van der Waals surface area contributed by atoms with Gasteiger partial charge in [-0.15, -0.1) is 0 Å². The summed E-state index contributed by atoms with van der Waals surface area (Å²) in [7, 11) is 0. The number of nitrogens with zero attached hydrogens (tertiary/aromatic N) is 1. The number of hydrogen-bond donors (Lipinski definition) is 0. The fourth-order valence-corrected chi connectivity index (χ4v) is 2.30. The van der Waals surface area contributed by atoms with Crippen molar-refractivity contribution in [3.8, 4) is 0 Å². The third-order valence-electron chi connectivity index (χ3n) is 2.25. The number of fused-ring (bicyclic) bond motifs is 1. The molecule has 0 radical (unpaired) electrons. The van der Waals surface area contributed by atoms with Crippen LogP contribution >= 0.6 is 11.8 Å². The van der Waals surface area contributed by atoms with Gasteiger partial charge in [-0.1, -0.05) is 31.2 Å². The summed E-state index contributed by atoms with van der Waals surface area (Å²) in [6.07, 6.45) is 2.43. The zero-order valence-corrected chi connectivity index (χ0v) is 9.93. The molecule has 0 amide bonds. The molecule has 0 fully saturated rings. The van der Waals surface area contributed by atoms with Gasteiger partial charge in [0.05, 0.1) is 0 Å². The van der Waals surface area contributed by atoms with Crippen molar-refractivity contribution < 1.29 is 4.42 Å². The Hall–Kier alpha value is -0.960. The Morgan fingerprint density at radius 2 is 2.27 bits per heavy atom. The maximum absolute atomic E-state index is 5.65. The molecule has 0 saturated carbocycles. The van der Waals surface area contributed by atoms with Crippen LogP contribution < -0.4 is 0 Å². The van der Waals surface area contributed by atoms with Crippen molar-refractivity contribution in [1.29, 1.82) is 0 Å². The summed E-state index contributed by atoms with van der Waals surface area (Å²) >= 11 is 1.70. The average molecular weight is 221 g/mol. The van der Waals surface area contributed by atoms with Crippen LogP contribution in [-0.4, -0.2) is 10.7 Å². The highest BCUT2D eigenvalue weighted by Crippen LogP contribution is 2.24. The lowest BCUT2D eigenvalue weighted by Gasteiger charge is -1.92. The fraction of sp³-hybridized carbons (Fsp3) is 0.417. The SMILES string of the molecule is CCCCSc1nc2ccc(C)cc2o1. The first-order valence-corrected chi connectivity index (χ1v) is 6.28. The minimum absolute atomic E-state index is 0.795. The van der Waals surface area contributed by atoms with Gasteiger partial charge in [-0.3, -0.25) is 0 Å². The second-order valence-corrected chi connectivity index (χ2v) is 4.70. The maximum Gasteiger partial charge on any atom is 0.256 e. The summed E-state index contributed by atoms with van der Waals surface area (Å²) in [5.41, 5.74) is 3.07. The molecule has 0 unspecified atom stereocenters. The third kappa shape index (κ3) is 2.53. The number of oxazole rings is 1. The van der Waals surface area contributed by atoms with E-state index in [4.69, 9.17) is 4.42 Å². The Kier molecular flexibility index (Phi) is 3.31. The van der Waals surface area contributed by atoms with Crippen molar-refractivity contribution in [3.63, 3.8) is 0 Å². The number of hydrogen-bond acceptors (Lipinski definition) is 3. The molecule has 1 aromatic heterocycles. The lowest BCUT2D eigenvalue weighted by molar-refractivity contribution is 0.489. The topological polar surface area (TPSA) is 26.0 Å². The molecular formula is C12H15NOS. The van der Waals surface area contributed by atoms with Crippen LogP contribution in [-0.2, 0) is 0 Å². The van der Waals surface area contributed by atoms with Crippen LogP contribution in [0.5, 0.6) is 0 Å². The molecule has 0 aliphatic carbocycles. The number of rotatable bonds is 4. The molecule has 2 rings (SSSR count). The smallest absolute Gasteiger partial charge is 0.256 e. The van der Waals surface area contributed by atoms with E-state index in [2.05, 4.69) is 24.9 Å². The van der Waals surface area contributed by atoms with E-state index in [0.29, 0.717) is 0 Å². The predicted octanol–water partition coefficient (Wildman–Crippen LogP) is 4.03. The molecule has 1 aromatic carbocycles. The van der Waals surface area contributed by atoms with Gasteiger partial charge in [-0.25, -0.2) is 4.98 Å². The Bertz CT molecular complexity index is 450. The third-order valence-corrected chi connectivity index (χ3v) is 3.16. The van der Waals surface area contributed by atoms with E-state index in [9.17, 15) is 0 Å². The van der Waals surface area contributed by atoms with Crippen LogP contribution in [0.1, 0.15) is 25.3 Å². The summed E-state index contributed by atoms with van der Waals surface area (Å²) in [5.74, 6) is 1.09. The summed E-state index contributed by atoms with van der Waals surface area (Å²) < 4.78 is 5.65. The monoisotopic (exact) mass is 221 g/mol. The normalized spacial score (nSPS) is 11.1. The van der Waals surface area contributed by atoms with E-state index in [0.717, 1.165) is 22.1 Å². The highest BCUT2D eigenvalue weighted by Gasteiger charge is 2.05. The molecule has 1 heterocycles. The number of thioether (sulfide) groups is 1. The lowest BCUT2D eigenvalue weighted by atomic mass is 10.2. The molecule has 2 aromatic rings. The molecule has 0 saturated heterocycles. The molecule has 0 aliphatic heterocycles. The second kappa shape index (κ2) is 4.71. The molecule has 2 nitrogen and oxygen atoms in total. The maximum atomic E-state index is 5.65. The fourth-order valence-electron chi connectivity index (χ4n) is 1.38. The van der Waals surface area contributed by atoms with Gasteiger partial charge in [0.2, 0.25) is 0 Å². The first kappa shape index (κ1) is 10.6. The summed E-state index contributed by atoms with van der Waals surface area (Å²) in [4.78, 5) is 4.42. The number of aryl methyl sites for hydroxylation is 1. The van der Waals surface area contributed by atoms with E-state index in [-0.39, 0.29) is 0 Å². The van der Waals surface area contributed by atoms with Crippen molar-refractivity contribution in [2.24, 2.45) is 0 Å². The molecule has 15 heavy (non-hydrogen) atoms. The van der Waals surface area contributed by atoms with E-state index in [1.165, 1.54) is 18.4 Å². The molecule has 3 heteroatoms. The Morgan fingerprint density at radius 3 is 3.07 bits per heavy atom. The minimum atomic E-state index is 0.795. The number of benzene rings is 1. The first-order valence-electron chi connectivity index (χ1n) is 5.29. The molecule has 0 spiro atoms.